The van der Waals surface area contributed by atoms with Crippen molar-refractivity contribution >= 4 is 11.9 Å². The maximum atomic E-state index is 12.5. The molecular weight excluding hydrogens is 911 g/mol. The number of carbonyl (C=O) groups excluding carboxylic acids is 2. The van der Waals surface area contributed by atoms with Gasteiger partial charge in [0.25, 0.3) is 0 Å². The van der Waals surface area contributed by atoms with Gasteiger partial charge < -0.3 is 20.3 Å². The normalized spacial score (nSPS) is 12.6. The van der Waals surface area contributed by atoms with Gasteiger partial charge in [0.15, 0.2) is 0 Å². The number of hydrogen-bond acceptors (Lipinski definition) is 5. The summed E-state index contributed by atoms with van der Waals surface area (Å²) in [6.45, 7) is 4.91. The first-order valence-corrected chi connectivity index (χ1v) is 33.6. The maximum absolute atomic E-state index is 12.5. The van der Waals surface area contributed by atoms with Crippen molar-refractivity contribution in [3.63, 3.8) is 0 Å². The molecule has 0 aliphatic rings. The monoisotopic (exact) mass is 1040 g/mol. The van der Waals surface area contributed by atoms with Crippen LogP contribution < -0.4 is 5.32 Å². The molecule has 0 bridgehead atoms. The van der Waals surface area contributed by atoms with E-state index in [2.05, 4.69) is 31.3 Å². The number of amides is 1. The fourth-order valence-electron chi connectivity index (χ4n) is 10.6. The van der Waals surface area contributed by atoms with E-state index in [-0.39, 0.29) is 18.5 Å². The molecule has 6 nitrogen and oxygen atoms in total. The van der Waals surface area contributed by atoms with Crippen LogP contribution in [0.5, 0.6) is 0 Å². The molecule has 0 aromatic heterocycles. The van der Waals surface area contributed by atoms with Gasteiger partial charge in [-0.1, -0.05) is 327 Å². The molecule has 2 atom stereocenters. The van der Waals surface area contributed by atoms with E-state index in [0.29, 0.717) is 19.4 Å². The third-order valence-corrected chi connectivity index (χ3v) is 15.7. The van der Waals surface area contributed by atoms with Gasteiger partial charge in [-0.3, -0.25) is 9.59 Å². The lowest BCUT2D eigenvalue weighted by atomic mass is 10.0. The van der Waals surface area contributed by atoms with Gasteiger partial charge in [0.1, 0.15) is 0 Å². The average molecular weight is 1040 g/mol. The van der Waals surface area contributed by atoms with Crippen molar-refractivity contribution in [2.24, 2.45) is 0 Å². The molecule has 0 spiro atoms. The second-order valence-corrected chi connectivity index (χ2v) is 23.2. The zero-order valence-corrected chi connectivity index (χ0v) is 50.1. The van der Waals surface area contributed by atoms with Crippen LogP contribution >= 0.6 is 0 Å². The molecule has 0 aliphatic carbocycles. The molecule has 0 saturated carbocycles. The zero-order chi connectivity index (χ0) is 53.6. The van der Waals surface area contributed by atoms with Crippen LogP contribution in [0.15, 0.2) is 24.3 Å². The van der Waals surface area contributed by atoms with Crippen LogP contribution in [0.1, 0.15) is 373 Å². The molecular formula is C68H131NO5. The summed E-state index contributed by atoms with van der Waals surface area (Å²) < 4.78 is 5.49. The molecule has 0 aliphatic heterocycles. The first kappa shape index (κ1) is 72.3. The molecule has 438 valence electrons. The smallest absolute Gasteiger partial charge is 0.305 e. The van der Waals surface area contributed by atoms with E-state index in [1.165, 1.54) is 276 Å². The molecule has 1 amide bonds. The third kappa shape index (κ3) is 59.6. The Balaban J connectivity index is 3.47. The van der Waals surface area contributed by atoms with E-state index in [0.717, 1.165) is 70.6 Å². The van der Waals surface area contributed by atoms with Crippen LogP contribution in [0.2, 0.25) is 0 Å². The Hall–Kier alpha value is -1.66. The third-order valence-electron chi connectivity index (χ3n) is 15.7. The van der Waals surface area contributed by atoms with Gasteiger partial charge in [-0.25, -0.2) is 0 Å². The van der Waals surface area contributed by atoms with E-state index in [9.17, 15) is 19.8 Å². The Bertz CT molecular complexity index is 1150. The maximum Gasteiger partial charge on any atom is 0.305 e. The number of unbranched alkanes of at least 4 members (excludes halogenated alkanes) is 50. The van der Waals surface area contributed by atoms with Crippen molar-refractivity contribution in [2.45, 2.75) is 386 Å². The van der Waals surface area contributed by atoms with Crippen LogP contribution in [0.4, 0.5) is 0 Å². The Morgan fingerprint density at radius 3 is 0.959 bits per heavy atom. The second-order valence-electron chi connectivity index (χ2n) is 23.2. The largest absolute Gasteiger partial charge is 0.466 e. The summed E-state index contributed by atoms with van der Waals surface area (Å²) in [4.78, 5) is 24.6. The standard InChI is InChI=1S/C68H131NO5/c1-3-5-7-9-11-13-15-17-19-21-23-24-25-26-27-28-29-32-36-40-44-48-52-56-60-66(71)65(64-70)69-67(72)61-57-53-49-45-41-37-33-31-35-39-43-47-51-55-59-63-74-68(73)62-58-54-50-46-42-38-34-30-22-20-18-16-14-12-10-8-6-4-2/h35,39,56,60,65-66,70-71H,3-34,36-38,40-55,57-59,61-64H2,1-2H3,(H,69,72)/b39-35-,60-56+. The number of aliphatic hydroxyl groups excluding tert-OH is 2. The van der Waals surface area contributed by atoms with Crippen LogP contribution in [0, 0.1) is 0 Å². The SMILES string of the molecule is CCCCCCCCCCCCCCCCCCCCCCCC/C=C/C(O)C(CO)NC(=O)CCCCCCCCC/C=C\CCCCCCOC(=O)CCCCCCCCCCCCCCCCCCCC. The lowest BCUT2D eigenvalue weighted by Crippen LogP contribution is -2.45. The number of rotatable bonds is 63. The van der Waals surface area contributed by atoms with E-state index in [1.807, 2.05) is 6.08 Å². The minimum Gasteiger partial charge on any atom is -0.466 e. The molecule has 0 rings (SSSR count). The van der Waals surface area contributed by atoms with E-state index in [1.54, 1.807) is 6.08 Å². The highest BCUT2D eigenvalue weighted by Gasteiger charge is 2.18. The molecule has 0 aromatic rings. The fraction of sp³-hybridized carbons (Fsp3) is 0.912. The summed E-state index contributed by atoms with van der Waals surface area (Å²) in [6.07, 6.45) is 79.5. The first-order valence-electron chi connectivity index (χ1n) is 33.6. The van der Waals surface area contributed by atoms with Crippen LogP contribution in [0.3, 0.4) is 0 Å². The number of esters is 1. The molecule has 0 saturated heterocycles. The molecule has 0 radical (unpaired) electrons. The van der Waals surface area contributed by atoms with Crippen molar-refractivity contribution in [1.82, 2.24) is 5.32 Å². The van der Waals surface area contributed by atoms with E-state index < -0.39 is 12.1 Å². The van der Waals surface area contributed by atoms with E-state index in [4.69, 9.17) is 4.74 Å². The Morgan fingerprint density at radius 2 is 0.635 bits per heavy atom. The highest BCUT2D eigenvalue weighted by Crippen LogP contribution is 2.18. The highest BCUT2D eigenvalue weighted by atomic mass is 16.5. The van der Waals surface area contributed by atoms with Gasteiger partial charge in [-0.05, 0) is 57.8 Å². The van der Waals surface area contributed by atoms with Crippen molar-refractivity contribution in [3.8, 4) is 0 Å². The van der Waals surface area contributed by atoms with Gasteiger partial charge in [0.05, 0.1) is 25.4 Å². The van der Waals surface area contributed by atoms with Crippen molar-refractivity contribution < 1.29 is 24.5 Å². The van der Waals surface area contributed by atoms with Gasteiger partial charge >= 0.3 is 5.97 Å². The minimum atomic E-state index is -0.856. The Kier molecular flexibility index (Phi) is 62.4. The summed E-state index contributed by atoms with van der Waals surface area (Å²) in [5.41, 5.74) is 0. The number of allylic oxidation sites excluding steroid dienone is 3. The van der Waals surface area contributed by atoms with Crippen LogP contribution in [0.25, 0.3) is 0 Å². The molecule has 0 aromatic carbocycles. The molecule has 74 heavy (non-hydrogen) atoms. The number of aliphatic hydroxyl groups is 2. The molecule has 2 unspecified atom stereocenters. The Morgan fingerprint density at radius 1 is 0.365 bits per heavy atom. The molecule has 0 fully saturated rings. The molecule has 0 heterocycles. The van der Waals surface area contributed by atoms with Crippen molar-refractivity contribution in [1.29, 1.82) is 0 Å². The number of ether oxygens (including phenoxy) is 1. The highest BCUT2D eigenvalue weighted by molar-refractivity contribution is 5.76. The quantitative estimate of drug-likeness (QED) is 0.0320. The van der Waals surface area contributed by atoms with Gasteiger partial charge in [-0.2, -0.15) is 0 Å². The number of hydrogen-bond donors (Lipinski definition) is 3. The summed E-state index contributed by atoms with van der Waals surface area (Å²) >= 11 is 0. The van der Waals surface area contributed by atoms with E-state index >= 15 is 0 Å². The summed E-state index contributed by atoms with van der Waals surface area (Å²) in [5.74, 6) is -0.0848. The summed E-state index contributed by atoms with van der Waals surface area (Å²) in [6, 6.07) is -0.640. The number of nitrogens with one attached hydrogen (secondary N) is 1. The van der Waals surface area contributed by atoms with Gasteiger partial charge in [0.2, 0.25) is 5.91 Å². The van der Waals surface area contributed by atoms with Crippen LogP contribution in [-0.2, 0) is 14.3 Å². The second kappa shape index (κ2) is 63.9. The molecule has 6 heteroatoms. The van der Waals surface area contributed by atoms with Crippen molar-refractivity contribution in [3.05, 3.63) is 24.3 Å². The minimum absolute atomic E-state index is 0.00584. The van der Waals surface area contributed by atoms with Gasteiger partial charge in [-0.15, -0.1) is 0 Å². The summed E-state index contributed by atoms with van der Waals surface area (Å²) in [7, 11) is 0. The lowest BCUT2D eigenvalue weighted by Gasteiger charge is -2.20. The predicted octanol–water partition coefficient (Wildman–Crippen LogP) is 21.4. The van der Waals surface area contributed by atoms with Crippen molar-refractivity contribution in [2.75, 3.05) is 13.2 Å². The van der Waals surface area contributed by atoms with Crippen LogP contribution in [-0.4, -0.2) is 47.4 Å². The zero-order valence-electron chi connectivity index (χ0n) is 50.1. The lowest BCUT2D eigenvalue weighted by molar-refractivity contribution is -0.143. The topological polar surface area (TPSA) is 95.9 Å². The number of carbonyl (C=O) groups is 2. The average Bonchev–Trinajstić information content (AvgIpc) is 3.40. The Labute approximate surface area is 462 Å². The predicted molar refractivity (Wildman–Crippen MR) is 324 cm³/mol. The first-order chi connectivity index (χ1) is 36.5. The summed E-state index contributed by atoms with van der Waals surface area (Å²) in [5, 5.41) is 23.2. The fourth-order valence-corrected chi connectivity index (χ4v) is 10.6. The van der Waals surface area contributed by atoms with Gasteiger partial charge in [0, 0.05) is 12.8 Å². The molecule has 3 N–H and O–H groups in total.